The number of nitrogens with one attached hydrogen (secondary N) is 1. The molecule has 0 unspecified atom stereocenters. The van der Waals surface area contributed by atoms with Gasteiger partial charge in [0.25, 0.3) is 10.0 Å². The number of sulfonamides is 1. The highest BCUT2D eigenvalue weighted by atomic mass is 79.9. The molecule has 0 aliphatic heterocycles. The smallest absolute Gasteiger partial charge is 0.263 e. The zero-order chi connectivity index (χ0) is 13.2. The molecule has 1 aromatic heterocycles. The molecule has 0 bridgehead atoms. The number of anilines is 2. The van der Waals surface area contributed by atoms with E-state index in [1.165, 1.54) is 18.5 Å². The van der Waals surface area contributed by atoms with E-state index in [9.17, 15) is 8.42 Å². The van der Waals surface area contributed by atoms with E-state index in [2.05, 4.69) is 25.6 Å². The van der Waals surface area contributed by atoms with Crippen molar-refractivity contribution in [3.05, 3.63) is 47.2 Å². The molecule has 0 radical (unpaired) electrons. The average Bonchev–Trinajstić information content (AvgIpc) is 2.28. The standard InChI is InChI=1S/C11H10BrN3O2S/c12-8-4-11(7-14-6-8)18(16,17)15-10-3-1-2-9(13)5-10/h1-7,15H,13H2. The third-order valence-corrected chi connectivity index (χ3v) is 3.91. The van der Waals surface area contributed by atoms with Gasteiger partial charge in [-0.2, -0.15) is 0 Å². The fraction of sp³-hybridized carbons (Fsp3) is 0. The van der Waals surface area contributed by atoms with Crippen molar-refractivity contribution in [1.29, 1.82) is 0 Å². The number of nitrogens with two attached hydrogens (primary N) is 1. The molecule has 5 nitrogen and oxygen atoms in total. The summed E-state index contributed by atoms with van der Waals surface area (Å²) < 4.78 is 27.1. The molecule has 0 saturated heterocycles. The fourth-order valence-electron chi connectivity index (χ4n) is 1.36. The molecule has 0 atom stereocenters. The summed E-state index contributed by atoms with van der Waals surface area (Å²) in [5, 5.41) is 0. The first-order valence-corrected chi connectivity index (χ1v) is 7.24. The molecule has 1 heterocycles. The van der Waals surface area contributed by atoms with Crippen molar-refractivity contribution >= 4 is 37.3 Å². The zero-order valence-electron chi connectivity index (χ0n) is 9.17. The average molecular weight is 328 g/mol. The van der Waals surface area contributed by atoms with Gasteiger partial charge < -0.3 is 5.73 Å². The van der Waals surface area contributed by atoms with E-state index in [1.807, 2.05) is 0 Å². The minimum absolute atomic E-state index is 0.0827. The molecular weight excluding hydrogens is 318 g/mol. The maximum Gasteiger partial charge on any atom is 0.263 e. The molecule has 0 amide bonds. The highest BCUT2D eigenvalue weighted by molar-refractivity contribution is 9.10. The molecule has 18 heavy (non-hydrogen) atoms. The zero-order valence-corrected chi connectivity index (χ0v) is 11.6. The van der Waals surface area contributed by atoms with Gasteiger partial charge in [0, 0.05) is 22.6 Å². The second kappa shape index (κ2) is 4.95. The normalized spacial score (nSPS) is 11.2. The van der Waals surface area contributed by atoms with E-state index < -0.39 is 10.0 Å². The van der Waals surface area contributed by atoms with Crippen LogP contribution in [0.3, 0.4) is 0 Å². The van der Waals surface area contributed by atoms with Crippen molar-refractivity contribution in [3.63, 3.8) is 0 Å². The van der Waals surface area contributed by atoms with Gasteiger partial charge in [-0.05, 0) is 40.2 Å². The Kier molecular flexibility index (Phi) is 3.53. The minimum atomic E-state index is -3.65. The third kappa shape index (κ3) is 2.99. The summed E-state index contributed by atoms with van der Waals surface area (Å²) in [6.07, 6.45) is 2.79. The Balaban J connectivity index is 2.33. The van der Waals surface area contributed by atoms with Crippen molar-refractivity contribution < 1.29 is 8.42 Å². The SMILES string of the molecule is Nc1cccc(NS(=O)(=O)c2cncc(Br)c2)c1. The van der Waals surface area contributed by atoms with E-state index in [-0.39, 0.29) is 4.90 Å². The Morgan fingerprint density at radius 2 is 2.00 bits per heavy atom. The summed E-state index contributed by atoms with van der Waals surface area (Å²) >= 11 is 3.18. The number of nitrogen functional groups attached to an aromatic ring is 1. The molecule has 2 aromatic rings. The lowest BCUT2D eigenvalue weighted by Crippen LogP contribution is -2.13. The molecule has 0 aliphatic rings. The van der Waals surface area contributed by atoms with E-state index >= 15 is 0 Å². The Hall–Kier alpha value is -1.60. The van der Waals surface area contributed by atoms with Gasteiger partial charge in [-0.3, -0.25) is 9.71 Å². The van der Waals surface area contributed by atoms with Gasteiger partial charge in [-0.1, -0.05) is 6.07 Å². The molecule has 3 N–H and O–H groups in total. The van der Waals surface area contributed by atoms with E-state index in [0.29, 0.717) is 15.8 Å². The van der Waals surface area contributed by atoms with Crippen LogP contribution in [0.5, 0.6) is 0 Å². The monoisotopic (exact) mass is 327 g/mol. The number of benzene rings is 1. The maximum absolute atomic E-state index is 12.1. The van der Waals surface area contributed by atoms with Crippen LogP contribution in [0.1, 0.15) is 0 Å². The first kappa shape index (κ1) is 12.8. The number of nitrogens with zero attached hydrogens (tertiary/aromatic N) is 1. The lowest BCUT2D eigenvalue weighted by atomic mass is 10.3. The van der Waals surface area contributed by atoms with Crippen LogP contribution in [-0.2, 0) is 10.0 Å². The predicted molar refractivity (Wildman–Crippen MR) is 73.6 cm³/mol. The lowest BCUT2D eigenvalue weighted by Gasteiger charge is -2.08. The molecular formula is C11H10BrN3O2S. The lowest BCUT2D eigenvalue weighted by molar-refractivity contribution is 0.600. The number of hydrogen-bond donors (Lipinski definition) is 2. The van der Waals surface area contributed by atoms with Gasteiger partial charge in [0.15, 0.2) is 0 Å². The summed E-state index contributed by atoms with van der Waals surface area (Å²) in [6.45, 7) is 0. The van der Waals surface area contributed by atoms with Crippen LogP contribution in [-0.4, -0.2) is 13.4 Å². The largest absolute Gasteiger partial charge is 0.399 e. The molecule has 7 heteroatoms. The second-order valence-corrected chi connectivity index (χ2v) is 6.17. The van der Waals surface area contributed by atoms with Crippen molar-refractivity contribution in [2.45, 2.75) is 4.90 Å². The van der Waals surface area contributed by atoms with Gasteiger partial charge in [-0.15, -0.1) is 0 Å². The molecule has 94 valence electrons. The highest BCUT2D eigenvalue weighted by Crippen LogP contribution is 2.19. The van der Waals surface area contributed by atoms with Gasteiger partial charge in [-0.25, -0.2) is 8.42 Å². The van der Waals surface area contributed by atoms with Crippen molar-refractivity contribution in [3.8, 4) is 0 Å². The summed E-state index contributed by atoms with van der Waals surface area (Å²) in [6, 6.07) is 7.99. The Labute approximate surface area is 113 Å². The quantitative estimate of drug-likeness (QED) is 0.846. The predicted octanol–water partition coefficient (Wildman–Crippen LogP) is 2.23. The minimum Gasteiger partial charge on any atom is -0.399 e. The fourth-order valence-corrected chi connectivity index (χ4v) is 2.91. The van der Waals surface area contributed by atoms with Crippen molar-refractivity contribution in [2.24, 2.45) is 0 Å². The van der Waals surface area contributed by atoms with Gasteiger partial charge in [0.1, 0.15) is 4.90 Å². The van der Waals surface area contributed by atoms with E-state index in [1.54, 1.807) is 24.3 Å². The number of hydrogen-bond acceptors (Lipinski definition) is 4. The number of pyridine rings is 1. The van der Waals surface area contributed by atoms with Crippen LogP contribution < -0.4 is 10.5 Å². The Morgan fingerprint density at radius 3 is 2.67 bits per heavy atom. The molecule has 1 aromatic carbocycles. The molecule has 0 aliphatic carbocycles. The van der Waals surface area contributed by atoms with Crippen LogP contribution in [0.4, 0.5) is 11.4 Å². The second-order valence-electron chi connectivity index (χ2n) is 3.57. The van der Waals surface area contributed by atoms with E-state index in [4.69, 9.17) is 5.73 Å². The summed E-state index contributed by atoms with van der Waals surface area (Å²) in [7, 11) is -3.65. The van der Waals surface area contributed by atoms with Crippen molar-refractivity contribution in [2.75, 3.05) is 10.5 Å². The van der Waals surface area contributed by atoms with Crippen LogP contribution in [0.25, 0.3) is 0 Å². The van der Waals surface area contributed by atoms with Gasteiger partial charge in [0.2, 0.25) is 0 Å². The van der Waals surface area contributed by atoms with Crippen molar-refractivity contribution in [1.82, 2.24) is 4.98 Å². The number of aromatic nitrogens is 1. The van der Waals surface area contributed by atoms with Crippen LogP contribution in [0.15, 0.2) is 52.1 Å². The molecule has 2 rings (SSSR count). The number of rotatable bonds is 3. The first-order valence-electron chi connectivity index (χ1n) is 4.96. The van der Waals surface area contributed by atoms with Gasteiger partial charge in [0.05, 0.1) is 5.69 Å². The first-order chi connectivity index (χ1) is 8.47. The molecule has 0 saturated carbocycles. The molecule has 0 fully saturated rings. The van der Waals surface area contributed by atoms with Crippen LogP contribution in [0, 0.1) is 0 Å². The third-order valence-electron chi connectivity index (χ3n) is 2.13. The number of halogens is 1. The van der Waals surface area contributed by atoms with Gasteiger partial charge >= 0.3 is 0 Å². The summed E-state index contributed by atoms with van der Waals surface area (Å²) in [5.74, 6) is 0. The highest BCUT2D eigenvalue weighted by Gasteiger charge is 2.14. The summed E-state index contributed by atoms with van der Waals surface area (Å²) in [5.41, 5.74) is 6.49. The molecule has 0 spiro atoms. The van der Waals surface area contributed by atoms with Crippen LogP contribution in [0.2, 0.25) is 0 Å². The maximum atomic E-state index is 12.1. The Bertz CT molecular complexity index is 673. The summed E-state index contributed by atoms with van der Waals surface area (Å²) in [4.78, 5) is 3.90. The topological polar surface area (TPSA) is 85.1 Å². The van der Waals surface area contributed by atoms with Crippen LogP contribution >= 0.6 is 15.9 Å². The van der Waals surface area contributed by atoms with E-state index in [0.717, 1.165) is 0 Å². The Morgan fingerprint density at radius 1 is 1.22 bits per heavy atom.